The Hall–Kier alpha value is -2.73. The van der Waals surface area contributed by atoms with Crippen LogP contribution >= 0.6 is 11.6 Å². The van der Waals surface area contributed by atoms with Crippen LogP contribution in [0.1, 0.15) is 21.5 Å². The average Bonchev–Trinajstić information content (AvgIpc) is 2.49. The molecule has 0 radical (unpaired) electrons. The van der Waals surface area contributed by atoms with E-state index in [2.05, 4.69) is 10.5 Å². The normalized spacial score (nSPS) is 10.6. The number of nitro groups is 1. The summed E-state index contributed by atoms with van der Waals surface area (Å²) in [6, 6.07) is 11.2. The summed E-state index contributed by atoms with van der Waals surface area (Å²) in [6.45, 7) is 1.61. The van der Waals surface area contributed by atoms with E-state index in [1.807, 2.05) is 0 Å². The number of carbonyl (C=O) groups is 1. The molecule has 1 N–H and O–H groups in total. The molecule has 2 rings (SSSR count). The van der Waals surface area contributed by atoms with Crippen molar-refractivity contribution < 1.29 is 9.72 Å². The maximum atomic E-state index is 11.9. The van der Waals surface area contributed by atoms with Crippen molar-refractivity contribution in [1.82, 2.24) is 5.43 Å². The first-order valence-corrected chi connectivity index (χ1v) is 6.69. The number of aryl methyl sites for hydroxylation is 1. The molecule has 0 bridgehead atoms. The van der Waals surface area contributed by atoms with Crippen molar-refractivity contribution in [3.63, 3.8) is 0 Å². The molecule has 0 heterocycles. The maximum Gasteiger partial charge on any atom is 0.273 e. The zero-order valence-corrected chi connectivity index (χ0v) is 12.4. The monoisotopic (exact) mass is 317 g/mol. The number of hydrazone groups is 1. The smallest absolute Gasteiger partial charge is 0.267 e. The fourth-order valence-corrected chi connectivity index (χ4v) is 1.85. The highest BCUT2D eigenvalue weighted by Gasteiger charge is 2.14. The number of halogens is 1. The van der Waals surface area contributed by atoms with Crippen LogP contribution in [0.4, 0.5) is 5.69 Å². The third kappa shape index (κ3) is 3.89. The Morgan fingerprint density at radius 2 is 1.95 bits per heavy atom. The summed E-state index contributed by atoms with van der Waals surface area (Å²) < 4.78 is 0. The van der Waals surface area contributed by atoms with Crippen molar-refractivity contribution in [3.05, 3.63) is 74.3 Å². The minimum absolute atomic E-state index is 0.102. The second kappa shape index (κ2) is 6.82. The molecule has 0 saturated carbocycles. The molecule has 0 aliphatic rings. The van der Waals surface area contributed by atoms with Gasteiger partial charge in [0.1, 0.15) is 0 Å². The summed E-state index contributed by atoms with van der Waals surface area (Å²) in [7, 11) is 0. The number of amides is 1. The summed E-state index contributed by atoms with van der Waals surface area (Å²) in [5.74, 6) is -0.520. The van der Waals surface area contributed by atoms with E-state index in [4.69, 9.17) is 11.6 Å². The summed E-state index contributed by atoms with van der Waals surface area (Å²) in [4.78, 5) is 22.2. The molecule has 0 aliphatic carbocycles. The average molecular weight is 318 g/mol. The Morgan fingerprint density at radius 1 is 1.27 bits per heavy atom. The van der Waals surface area contributed by atoms with Crippen molar-refractivity contribution in [2.24, 2.45) is 5.10 Å². The Balaban J connectivity index is 2.08. The van der Waals surface area contributed by atoms with E-state index in [0.29, 0.717) is 10.6 Å². The van der Waals surface area contributed by atoms with Crippen molar-refractivity contribution in [3.8, 4) is 0 Å². The number of rotatable bonds is 4. The fraction of sp³-hybridized carbons (Fsp3) is 0.0667. The number of nitro benzene ring substituents is 1. The van der Waals surface area contributed by atoms with E-state index < -0.39 is 10.8 Å². The summed E-state index contributed by atoms with van der Waals surface area (Å²) in [5.41, 5.74) is 3.65. The van der Waals surface area contributed by atoms with Gasteiger partial charge in [-0.05, 0) is 30.7 Å². The molecule has 0 aromatic heterocycles. The molecule has 0 unspecified atom stereocenters. The number of hydrogen-bond acceptors (Lipinski definition) is 4. The highest BCUT2D eigenvalue weighted by atomic mass is 35.5. The molecular weight excluding hydrogens is 306 g/mol. The third-order valence-electron chi connectivity index (χ3n) is 2.92. The largest absolute Gasteiger partial charge is 0.273 e. The van der Waals surface area contributed by atoms with Crippen molar-refractivity contribution in [2.75, 3.05) is 0 Å². The maximum absolute atomic E-state index is 11.9. The zero-order chi connectivity index (χ0) is 16.1. The first kappa shape index (κ1) is 15.7. The van der Waals surface area contributed by atoms with Crippen LogP contribution < -0.4 is 5.43 Å². The van der Waals surface area contributed by atoms with Gasteiger partial charge in [0.15, 0.2) is 0 Å². The fourth-order valence-electron chi connectivity index (χ4n) is 1.73. The van der Waals surface area contributed by atoms with E-state index in [0.717, 1.165) is 5.56 Å². The van der Waals surface area contributed by atoms with Crippen molar-refractivity contribution in [2.45, 2.75) is 6.92 Å². The van der Waals surface area contributed by atoms with Gasteiger partial charge in [-0.3, -0.25) is 14.9 Å². The van der Waals surface area contributed by atoms with Crippen LogP contribution in [0.15, 0.2) is 47.6 Å². The number of benzene rings is 2. The van der Waals surface area contributed by atoms with Gasteiger partial charge in [-0.25, -0.2) is 5.43 Å². The quantitative estimate of drug-likeness (QED) is 0.533. The molecule has 0 aliphatic heterocycles. The molecular formula is C15H12ClN3O3. The molecule has 0 atom stereocenters. The molecule has 0 saturated heterocycles. The Kier molecular flexibility index (Phi) is 4.85. The predicted octanol–water partition coefficient (Wildman–Crippen LogP) is 3.32. The standard InChI is InChI=1S/C15H12ClN3O3/c1-10-2-5-12(8-14(10)19(21)22)15(20)18-17-9-11-3-6-13(16)7-4-11/h2-9H,1H3,(H,18,20). The molecule has 2 aromatic rings. The van der Waals surface area contributed by atoms with Crippen LogP contribution in [-0.2, 0) is 0 Å². The molecule has 0 spiro atoms. The Labute approximate surface area is 131 Å². The molecule has 1 amide bonds. The van der Waals surface area contributed by atoms with Crippen LogP contribution in [-0.4, -0.2) is 17.0 Å². The lowest BCUT2D eigenvalue weighted by molar-refractivity contribution is -0.385. The van der Waals surface area contributed by atoms with Crippen LogP contribution in [0, 0.1) is 17.0 Å². The van der Waals surface area contributed by atoms with Gasteiger partial charge in [0.2, 0.25) is 0 Å². The van der Waals surface area contributed by atoms with Gasteiger partial charge in [-0.15, -0.1) is 0 Å². The number of nitrogens with one attached hydrogen (secondary N) is 1. The van der Waals surface area contributed by atoms with Crippen molar-refractivity contribution in [1.29, 1.82) is 0 Å². The van der Waals surface area contributed by atoms with Crippen LogP contribution in [0.25, 0.3) is 0 Å². The molecule has 22 heavy (non-hydrogen) atoms. The topological polar surface area (TPSA) is 84.6 Å². The molecule has 6 nitrogen and oxygen atoms in total. The van der Waals surface area contributed by atoms with Gasteiger partial charge in [-0.2, -0.15) is 5.10 Å². The Bertz CT molecular complexity index is 742. The molecule has 112 valence electrons. The van der Waals surface area contributed by atoms with Crippen LogP contribution in [0.5, 0.6) is 0 Å². The second-order valence-electron chi connectivity index (χ2n) is 4.51. The van der Waals surface area contributed by atoms with Gasteiger partial charge in [-0.1, -0.05) is 29.8 Å². The van der Waals surface area contributed by atoms with Gasteiger partial charge < -0.3 is 0 Å². The summed E-state index contributed by atoms with van der Waals surface area (Å²) >= 11 is 5.76. The number of hydrogen-bond donors (Lipinski definition) is 1. The van der Waals surface area contributed by atoms with Gasteiger partial charge >= 0.3 is 0 Å². The van der Waals surface area contributed by atoms with Gasteiger partial charge in [0.05, 0.1) is 11.1 Å². The van der Waals surface area contributed by atoms with E-state index in [1.165, 1.54) is 24.4 Å². The van der Waals surface area contributed by atoms with Crippen molar-refractivity contribution >= 4 is 29.4 Å². The van der Waals surface area contributed by atoms with E-state index >= 15 is 0 Å². The minimum atomic E-state index is -0.525. The SMILES string of the molecule is Cc1ccc(C(=O)NN=Cc2ccc(Cl)cc2)cc1[N+](=O)[O-]. The highest BCUT2D eigenvalue weighted by Crippen LogP contribution is 2.19. The lowest BCUT2D eigenvalue weighted by Gasteiger charge is -2.02. The number of carbonyl (C=O) groups excluding carboxylic acids is 1. The van der Waals surface area contributed by atoms with Crippen LogP contribution in [0.2, 0.25) is 5.02 Å². The first-order valence-electron chi connectivity index (χ1n) is 6.31. The summed E-state index contributed by atoms with van der Waals surface area (Å²) in [6.07, 6.45) is 1.46. The second-order valence-corrected chi connectivity index (χ2v) is 4.95. The summed E-state index contributed by atoms with van der Waals surface area (Å²) in [5, 5.41) is 15.3. The lowest BCUT2D eigenvalue weighted by atomic mass is 10.1. The lowest BCUT2D eigenvalue weighted by Crippen LogP contribution is -2.17. The zero-order valence-electron chi connectivity index (χ0n) is 11.6. The van der Waals surface area contributed by atoms with Gasteiger partial charge in [0.25, 0.3) is 11.6 Å². The third-order valence-corrected chi connectivity index (χ3v) is 3.17. The van der Waals surface area contributed by atoms with E-state index in [1.54, 1.807) is 31.2 Å². The van der Waals surface area contributed by atoms with E-state index in [9.17, 15) is 14.9 Å². The molecule has 0 fully saturated rings. The number of nitrogens with zero attached hydrogens (tertiary/aromatic N) is 2. The molecule has 7 heteroatoms. The predicted molar refractivity (Wildman–Crippen MR) is 84.3 cm³/mol. The van der Waals surface area contributed by atoms with Gasteiger partial charge in [0, 0.05) is 22.2 Å². The Morgan fingerprint density at radius 3 is 2.59 bits per heavy atom. The van der Waals surface area contributed by atoms with E-state index in [-0.39, 0.29) is 11.3 Å². The van der Waals surface area contributed by atoms with Crippen LogP contribution in [0.3, 0.4) is 0 Å². The highest BCUT2D eigenvalue weighted by molar-refractivity contribution is 6.30. The first-order chi connectivity index (χ1) is 10.5. The minimum Gasteiger partial charge on any atom is -0.267 e. The molecule has 2 aromatic carbocycles.